The van der Waals surface area contributed by atoms with Crippen molar-refractivity contribution in [3.05, 3.63) is 52.5 Å². The summed E-state index contributed by atoms with van der Waals surface area (Å²) in [6.07, 6.45) is -0.394. The van der Waals surface area contributed by atoms with E-state index in [-0.39, 0.29) is 5.69 Å². The summed E-state index contributed by atoms with van der Waals surface area (Å²) in [5.74, 6) is -2.47. The van der Waals surface area contributed by atoms with Gasteiger partial charge in [-0.05, 0) is 31.2 Å². The number of aromatic nitrogens is 2. The van der Waals surface area contributed by atoms with Gasteiger partial charge in [0, 0.05) is 17.5 Å². The highest BCUT2D eigenvalue weighted by atomic mass is 32.1. The molecule has 4 rings (SSSR count). The van der Waals surface area contributed by atoms with E-state index in [0.29, 0.717) is 18.8 Å². The minimum Gasteiger partial charge on any atom is -0.447 e. The topological polar surface area (TPSA) is 76.5 Å². The number of carbonyl (C=O) groups excluding carboxylic acids is 2. The first-order chi connectivity index (χ1) is 13.8. The van der Waals surface area contributed by atoms with Gasteiger partial charge in [0.1, 0.15) is 28.9 Å². The Bertz CT molecular complexity index is 1100. The molecule has 7 nitrogen and oxygen atoms in total. The Morgan fingerprint density at radius 2 is 2.00 bits per heavy atom. The third kappa shape index (κ3) is 3.46. The molecular weight excluding hydrogens is 402 g/mol. The van der Waals surface area contributed by atoms with Crippen LogP contribution in [-0.4, -0.2) is 34.9 Å². The molecule has 0 aliphatic carbocycles. The first-order valence-electron chi connectivity index (χ1n) is 8.69. The number of benzene rings is 1. The van der Waals surface area contributed by atoms with Crippen LogP contribution >= 0.6 is 11.3 Å². The molecule has 150 valence electrons. The normalized spacial score (nSPS) is 13.7. The van der Waals surface area contributed by atoms with Gasteiger partial charge in [0.15, 0.2) is 5.69 Å². The van der Waals surface area contributed by atoms with Gasteiger partial charge in [0.05, 0.1) is 12.2 Å². The van der Waals surface area contributed by atoms with Crippen molar-refractivity contribution in [3.8, 4) is 11.3 Å². The van der Waals surface area contributed by atoms with Crippen molar-refractivity contribution in [3.63, 3.8) is 0 Å². The molecule has 3 heterocycles. The number of aryl methyl sites for hydroxylation is 2. The summed E-state index contributed by atoms with van der Waals surface area (Å²) >= 11 is 1.43. The van der Waals surface area contributed by atoms with E-state index in [0.717, 1.165) is 27.6 Å². The molecule has 29 heavy (non-hydrogen) atoms. The van der Waals surface area contributed by atoms with Crippen molar-refractivity contribution >= 4 is 34.0 Å². The highest BCUT2D eigenvalue weighted by molar-refractivity contribution is 7.16. The minimum absolute atomic E-state index is 0.0119. The molecule has 2 aromatic heterocycles. The Balaban J connectivity index is 1.62. The fourth-order valence-electron chi connectivity index (χ4n) is 3.07. The third-order valence-electron chi connectivity index (χ3n) is 4.52. The van der Waals surface area contributed by atoms with E-state index in [2.05, 4.69) is 10.4 Å². The molecule has 0 spiro atoms. The maximum Gasteiger partial charge on any atom is 0.415 e. The van der Waals surface area contributed by atoms with Crippen molar-refractivity contribution < 1.29 is 23.1 Å². The number of hydrogen-bond donors (Lipinski definition) is 1. The van der Waals surface area contributed by atoms with E-state index >= 15 is 0 Å². The van der Waals surface area contributed by atoms with Crippen LogP contribution in [0.15, 0.2) is 30.3 Å². The highest BCUT2D eigenvalue weighted by Gasteiger charge is 2.27. The molecule has 0 atom stereocenters. The van der Waals surface area contributed by atoms with Crippen LogP contribution in [0.5, 0.6) is 0 Å². The van der Waals surface area contributed by atoms with Gasteiger partial charge in [-0.25, -0.2) is 13.6 Å². The second kappa shape index (κ2) is 7.28. The first kappa shape index (κ1) is 19.1. The number of thiophene rings is 1. The summed E-state index contributed by atoms with van der Waals surface area (Å²) < 4.78 is 34.1. The number of carbonyl (C=O) groups is 2. The fourth-order valence-corrected chi connectivity index (χ4v) is 4.11. The second-order valence-corrected chi connectivity index (χ2v) is 7.64. The number of cyclic esters (lactones) is 1. The molecule has 0 radical (unpaired) electrons. The molecule has 0 saturated carbocycles. The quantitative estimate of drug-likeness (QED) is 0.696. The number of para-hydroxylation sites is 1. The number of halogens is 2. The summed E-state index contributed by atoms with van der Waals surface area (Å²) in [6.45, 7) is 2.71. The Kier molecular flexibility index (Phi) is 4.79. The van der Waals surface area contributed by atoms with Crippen LogP contribution in [0.4, 0.5) is 24.3 Å². The van der Waals surface area contributed by atoms with Crippen LogP contribution in [-0.2, 0) is 11.8 Å². The summed E-state index contributed by atoms with van der Waals surface area (Å²) in [5.41, 5.74) is 0.927. The number of nitrogens with zero attached hydrogens (tertiary/aromatic N) is 3. The SMILES string of the molecule is Cc1sc(N2CCOC2=O)cc1-c1cc(C(=O)Nc2c(F)cccc2F)nn1C. The van der Waals surface area contributed by atoms with Gasteiger partial charge >= 0.3 is 6.09 Å². The summed E-state index contributed by atoms with van der Waals surface area (Å²) in [4.78, 5) is 26.7. The zero-order chi connectivity index (χ0) is 20.7. The summed E-state index contributed by atoms with van der Waals surface area (Å²) in [6, 6.07) is 6.70. The Hall–Kier alpha value is -3.27. The lowest BCUT2D eigenvalue weighted by Crippen LogP contribution is -2.21. The van der Waals surface area contributed by atoms with Crippen LogP contribution in [0.3, 0.4) is 0 Å². The molecule has 1 aliphatic heterocycles. The average Bonchev–Trinajstić information content (AvgIpc) is 3.36. The smallest absolute Gasteiger partial charge is 0.415 e. The second-order valence-electron chi connectivity index (χ2n) is 6.41. The van der Waals surface area contributed by atoms with Crippen molar-refractivity contribution in [2.45, 2.75) is 6.92 Å². The lowest BCUT2D eigenvalue weighted by Gasteiger charge is -2.08. The minimum atomic E-state index is -0.870. The molecule has 10 heteroatoms. The molecule has 2 amide bonds. The predicted octanol–water partition coefficient (Wildman–Crippen LogP) is 3.94. The van der Waals surface area contributed by atoms with Gasteiger partial charge in [-0.1, -0.05) is 6.07 Å². The molecule has 1 aliphatic rings. The van der Waals surface area contributed by atoms with E-state index in [1.165, 1.54) is 28.2 Å². The van der Waals surface area contributed by atoms with E-state index < -0.39 is 29.3 Å². The molecule has 1 aromatic carbocycles. The molecule has 0 bridgehead atoms. The van der Waals surface area contributed by atoms with Crippen LogP contribution in [0.2, 0.25) is 0 Å². The lowest BCUT2D eigenvalue weighted by atomic mass is 10.1. The van der Waals surface area contributed by atoms with Crippen LogP contribution < -0.4 is 10.2 Å². The maximum absolute atomic E-state index is 13.8. The maximum atomic E-state index is 13.8. The van der Waals surface area contributed by atoms with E-state index in [1.54, 1.807) is 11.9 Å². The largest absolute Gasteiger partial charge is 0.447 e. The molecule has 0 unspecified atom stereocenters. The number of nitrogens with one attached hydrogen (secondary N) is 1. The summed E-state index contributed by atoms with van der Waals surface area (Å²) in [7, 11) is 1.66. The van der Waals surface area contributed by atoms with Crippen LogP contribution in [0.1, 0.15) is 15.4 Å². The Morgan fingerprint density at radius 3 is 2.66 bits per heavy atom. The van der Waals surface area contributed by atoms with Crippen molar-refractivity contribution in [1.82, 2.24) is 9.78 Å². The van der Waals surface area contributed by atoms with Crippen LogP contribution in [0.25, 0.3) is 11.3 Å². The third-order valence-corrected chi connectivity index (χ3v) is 5.59. The molecule has 1 saturated heterocycles. The fraction of sp³-hybridized carbons (Fsp3) is 0.211. The standard InChI is InChI=1S/C19H16F2N4O3S/c1-10-11(8-16(29-10)25-6-7-28-19(25)27)15-9-14(23-24(15)2)18(26)22-17-12(20)4-3-5-13(17)21/h3-5,8-9H,6-7H2,1-2H3,(H,22,26). The number of ether oxygens (including phenoxy) is 1. The zero-order valence-electron chi connectivity index (χ0n) is 15.5. The number of hydrogen-bond acceptors (Lipinski definition) is 5. The zero-order valence-corrected chi connectivity index (χ0v) is 16.3. The number of anilines is 2. The highest BCUT2D eigenvalue weighted by Crippen LogP contribution is 2.37. The van der Waals surface area contributed by atoms with Gasteiger partial charge in [0.25, 0.3) is 5.91 Å². The van der Waals surface area contributed by atoms with Gasteiger partial charge in [-0.3, -0.25) is 14.4 Å². The van der Waals surface area contributed by atoms with Gasteiger partial charge < -0.3 is 10.1 Å². The van der Waals surface area contributed by atoms with E-state index in [9.17, 15) is 18.4 Å². The molecule has 1 N–H and O–H groups in total. The van der Waals surface area contributed by atoms with Gasteiger partial charge in [-0.15, -0.1) is 11.3 Å². The van der Waals surface area contributed by atoms with E-state index in [1.807, 2.05) is 13.0 Å². The van der Waals surface area contributed by atoms with Crippen molar-refractivity contribution in [2.75, 3.05) is 23.4 Å². The number of rotatable bonds is 4. The lowest BCUT2D eigenvalue weighted by molar-refractivity contribution is 0.102. The molecule has 3 aromatic rings. The van der Waals surface area contributed by atoms with Crippen LogP contribution in [0, 0.1) is 18.6 Å². The predicted molar refractivity (Wildman–Crippen MR) is 104 cm³/mol. The number of amides is 2. The summed E-state index contributed by atoms with van der Waals surface area (Å²) in [5, 5.41) is 7.13. The van der Waals surface area contributed by atoms with E-state index in [4.69, 9.17) is 4.74 Å². The average molecular weight is 418 g/mol. The van der Waals surface area contributed by atoms with Crippen molar-refractivity contribution in [1.29, 1.82) is 0 Å². The molecular formula is C19H16F2N4O3S. The van der Waals surface area contributed by atoms with Gasteiger partial charge in [0.2, 0.25) is 0 Å². The monoisotopic (exact) mass is 418 g/mol. The Morgan fingerprint density at radius 1 is 1.28 bits per heavy atom. The van der Waals surface area contributed by atoms with Crippen molar-refractivity contribution in [2.24, 2.45) is 7.05 Å². The van der Waals surface area contributed by atoms with Gasteiger partial charge in [-0.2, -0.15) is 5.10 Å². The molecule has 1 fully saturated rings. The Labute approximate surface area is 168 Å². The first-order valence-corrected chi connectivity index (χ1v) is 9.51.